The molecule has 0 bridgehead atoms. The Kier molecular flexibility index (Phi) is 8.53. The molecule has 0 spiro atoms. The summed E-state index contributed by atoms with van der Waals surface area (Å²) in [5, 5.41) is 4.58. The zero-order valence-corrected chi connectivity index (χ0v) is 33.8. The molecule has 12 rings (SSSR count). The highest BCUT2D eigenvalue weighted by Gasteiger charge is 2.12. The van der Waals surface area contributed by atoms with Gasteiger partial charge in [-0.3, -0.25) is 0 Å². The smallest absolute Gasteiger partial charge is 0.136 e. The average molecular weight is 791 g/mol. The van der Waals surface area contributed by atoms with Crippen molar-refractivity contribution in [1.29, 1.82) is 0 Å². The van der Waals surface area contributed by atoms with Crippen molar-refractivity contribution >= 4 is 43.9 Å². The average Bonchev–Trinajstić information content (AvgIpc) is 3.92. The summed E-state index contributed by atoms with van der Waals surface area (Å²) in [5.41, 5.74) is 20.1. The van der Waals surface area contributed by atoms with E-state index in [9.17, 15) is 0 Å². The number of rotatable bonds is 7. The van der Waals surface area contributed by atoms with E-state index in [1.165, 1.54) is 55.6 Å². The zero-order valence-electron chi connectivity index (χ0n) is 33.8. The molecule has 2 heteroatoms. The molecular formula is C60H38O2. The van der Waals surface area contributed by atoms with Crippen LogP contribution in [0, 0.1) is 0 Å². The van der Waals surface area contributed by atoms with Crippen molar-refractivity contribution in [3.05, 3.63) is 231 Å². The molecule has 0 radical (unpaired) electrons. The van der Waals surface area contributed by atoms with Gasteiger partial charge in [-0.1, -0.05) is 158 Å². The Hall–Kier alpha value is -8.20. The molecule has 2 aromatic heterocycles. The van der Waals surface area contributed by atoms with E-state index in [2.05, 4.69) is 206 Å². The van der Waals surface area contributed by atoms with Gasteiger partial charge in [0, 0.05) is 21.5 Å². The Balaban J connectivity index is 0.812. The Bertz CT molecular complexity index is 3410. The summed E-state index contributed by atoms with van der Waals surface area (Å²) in [5.74, 6) is 0. The van der Waals surface area contributed by atoms with Crippen LogP contribution in [0.3, 0.4) is 0 Å². The number of hydrogen-bond acceptors (Lipinski definition) is 2. The monoisotopic (exact) mass is 790 g/mol. The van der Waals surface area contributed by atoms with E-state index < -0.39 is 0 Å². The molecule has 2 heterocycles. The van der Waals surface area contributed by atoms with Gasteiger partial charge in [0.05, 0.1) is 0 Å². The molecule has 0 aliphatic rings. The molecule has 10 aromatic carbocycles. The molecule has 12 aromatic rings. The van der Waals surface area contributed by atoms with Gasteiger partial charge in [-0.2, -0.15) is 0 Å². The number of para-hydroxylation sites is 2. The predicted molar refractivity (Wildman–Crippen MR) is 259 cm³/mol. The Labute approximate surface area is 359 Å². The lowest BCUT2D eigenvalue weighted by molar-refractivity contribution is 0.668. The summed E-state index contributed by atoms with van der Waals surface area (Å²) in [6.07, 6.45) is 0. The van der Waals surface area contributed by atoms with Crippen LogP contribution < -0.4 is 0 Å². The molecule has 0 saturated carbocycles. The van der Waals surface area contributed by atoms with Gasteiger partial charge in [-0.25, -0.2) is 0 Å². The fourth-order valence-electron chi connectivity index (χ4n) is 9.08. The van der Waals surface area contributed by atoms with Gasteiger partial charge < -0.3 is 8.83 Å². The van der Waals surface area contributed by atoms with Crippen molar-refractivity contribution in [1.82, 2.24) is 0 Å². The first kappa shape index (κ1) is 35.7. The van der Waals surface area contributed by atoms with Crippen LogP contribution in [-0.4, -0.2) is 0 Å². The van der Waals surface area contributed by atoms with Crippen molar-refractivity contribution < 1.29 is 8.83 Å². The second kappa shape index (κ2) is 14.8. The van der Waals surface area contributed by atoms with Gasteiger partial charge in [0.1, 0.15) is 22.3 Å². The summed E-state index contributed by atoms with van der Waals surface area (Å²) < 4.78 is 12.4. The highest BCUT2D eigenvalue weighted by atomic mass is 16.3. The first-order valence-electron chi connectivity index (χ1n) is 21.1. The summed E-state index contributed by atoms with van der Waals surface area (Å²) in [6, 6.07) is 82.6. The number of hydrogen-bond donors (Lipinski definition) is 0. The molecule has 62 heavy (non-hydrogen) atoms. The molecule has 0 aliphatic carbocycles. The van der Waals surface area contributed by atoms with Crippen LogP contribution in [0.25, 0.3) is 122 Å². The van der Waals surface area contributed by atoms with Crippen molar-refractivity contribution in [2.45, 2.75) is 0 Å². The van der Waals surface area contributed by atoms with Crippen molar-refractivity contribution in [3.63, 3.8) is 0 Å². The maximum absolute atomic E-state index is 6.22. The molecule has 0 atom stereocenters. The summed E-state index contributed by atoms with van der Waals surface area (Å²) in [7, 11) is 0. The van der Waals surface area contributed by atoms with Crippen LogP contribution in [0.1, 0.15) is 0 Å². The van der Waals surface area contributed by atoms with E-state index >= 15 is 0 Å². The fourth-order valence-corrected chi connectivity index (χ4v) is 9.08. The Morgan fingerprint density at radius 2 is 0.387 bits per heavy atom. The third kappa shape index (κ3) is 6.46. The van der Waals surface area contributed by atoms with Crippen molar-refractivity contribution in [2.24, 2.45) is 0 Å². The highest BCUT2D eigenvalue weighted by Crippen LogP contribution is 2.37. The van der Waals surface area contributed by atoms with E-state index in [4.69, 9.17) is 8.83 Å². The Morgan fingerprint density at radius 1 is 0.161 bits per heavy atom. The third-order valence-electron chi connectivity index (χ3n) is 12.3. The maximum atomic E-state index is 6.22. The molecule has 0 amide bonds. The normalized spacial score (nSPS) is 11.5. The van der Waals surface area contributed by atoms with Crippen LogP contribution >= 0.6 is 0 Å². The van der Waals surface area contributed by atoms with Crippen LogP contribution in [0.4, 0.5) is 0 Å². The van der Waals surface area contributed by atoms with Gasteiger partial charge in [0.15, 0.2) is 0 Å². The minimum absolute atomic E-state index is 0.908. The van der Waals surface area contributed by atoms with Gasteiger partial charge >= 0.3 is 0 Å². The second-order valence-electron chi connectivity index (χ2n) is 16.1. The fraction of sp³-hybridized carbons (Fsp3) is 0. The van der Waals surface area contributed by atoms with Gasteiger partial charge in [-0.15, -0.1) is 0 Å². The van der Waals surface area contributed by atoms with Crippen molar-refractivity contribution in [2.75, 3.05) is 0 Å². The zero-order chi connectivity index (χ0) is 41.0. The van der Waals surface area contributed by atoms with Crippen LogP contribution in [0.15, 0.2) is 239 Å². The summed E-state index contributed by atoms with van der Waals surface area (Å²) >= 11 is 0. The molecule has 0 fully saturated rings. The first-order valence-corrected chi connectivity index (χ1v) is 21.1. The lowest BCUT2D eigenvalue weighted by Crippen LogP contribution is -1.86. The number of fused-ring (bicyclic) bond motifs is 6. The first-order chi connectivity index (χ1) is 30.7. The summed E-state index contributed by atoms with van der Waals surface area (Å²) in [6.45, 7) is 0. The lowest BCUT2D eigenvalue weighted by Gasteiger charge is -2.11. The molecular weight excluding hydrogens is 753 g/mol. The molecule has 0 aliphatic heterocycles. The molecule has 290 valence electrons. The number of benzene rings is 10. The predicted octanol–water partition coefficient (Wildman–Crippen LogP) is 17.2. The Morgan fingerprint density at radius 3 is 0.661 bits per heavy atom. The van der Waals surface area contributed by atoms with E-state index in [-0.39, 0.29) is 0 Å². The summed E-state index contributed by atoms with van der Waals surface area (Å²) in [4.78, 5) is 0. The van der Waals surface area contributed by atoms with E-state index in [1.807, 2.05) is 24.3 Å². The topological polar surface area (TPSA) is 26.3 Å². The third-order valence-corrected chi connectivity index (χ3v) is 12.3. The lowest BCUT2D eigenvalue weighted by atomic mass is 9.93. The molecule has 2 nitrogen and oxygen atoms in total. The molecule has 0 saturated heterocycles. The van der Waals surface area contributed by atoms with Gasteiger partial charge in [0.2, 0.25) is 0 Å². The van der Waals surface area contributed by atoms with Gasteiger partial charge in [-0.05, 0) is 151 Å². The molecule has 0 N–H and O–H groups in total. The maximum Gasteiger partial charge on any atom is 0.136 e. The van der Waals surface area contributed by atoms with Crippen molar-refractivity contribution in [3.8, 4) is 77.9 Å². The van der Waals surface area contributed by atoms with Gasteiger partial charge in [0.25, 0.3) is 0 Å². The minimum atomic E-state index is 0.908. The van der Waals surface area contributed by atoms with E-state index in [0.717, 1.165) is 66.1 Å². The van der Waals surface area contributed by atoms with Crippen LogP contribution in [0.5, 0.6) is 0 Å². The number of furan rings is 2. The van der Waals surface area contributed by atoms with Crippen LogP contribution in [0.2, 0.25) is 0 Å². The highest BCUT2D eigenvalue weighted by molar-refractivity contribution is 6.07. The van der Waals surface area contributed by atoms with E-state index in [0.29, 0.717) is 0 Å². The second-order valence-corrected chi connectivity index (χ2v) is 16.1. The minimum Gasteiger partial charge on any atom is -0.456 e. The SMILES string of the molecule is c1cc(-c2cccc(-c3cccc(-c4cccc(-c5ccc6c(c5)oc5ccccc56)c4)c3)c2)cc(-c2cccc(-c3cccc(-c4ccc5c(c4)oc4ccccc45)c3)c2)c1. The van der Waals surface area contributed by atoms with E-state index in [1.54, 1.807) is 0 Å². The quantitative estimate of drug-likeness (QED) is 0.161. The van der Waals surface area contributed by atoms with Crippen LogP contribution in [-0.2, 0) is 0 Å². The molecule has 0 unspecified atom stereocenters. The standard InChI is InChI=1S/C60H38O2/c1-3-25-57-53(23-1)55-29-27-51(37-59(55)61-57)49-21-9-19-47(35-49)45-17-7-15-43(33-45)41-13-5-11-39(31-41)40-12-6-14-42(32-40)44-16-8-18-46(34-44)48-20-10-22-50(36-48)52-28-30-56-54-24-2-4-26-58(54)62-60(56)38-52/h1-38H. The largest absolute Gasteiger partial charge is 0.456 e.